The van der Waals surface area contributed by atoms with Crippen LogP contribution in [0.1, 0.15) is 0 Å². The molecule has 13 heavy (non-hydrogen) atoms. The number of hydrogen-bond donors (Lipinski definition) is 0. The fourth-order valence-corrected chi connectivity index (χ4v) is 1.42. The maximum Gasteiger partial charge on any atom is 0.131 e. The largest absolute Gasteiger partial charge is 0.496 e. The lowest BCUT2D eigenvalue weighted by Crippen LogP contribution is -1.85. The fourth-order valence-electron chi connectivity index (χ4n) is 1.42. The van der Waals surface area contributed by atoms with Crippen molar-refractivity contribution >= 4 is 10.8 Å². The molecule has 0 radical (unpaired) electrons. The van der Waals surface area contributed by atoms with Crippen LogP contribution in [0.15, 0.2) is 36.4 Å². The standard InChI is InChI=1S/C11H9FO/c1-13-11-7-3-4-8-9(11)5-2-6-10(8)12/h2-7H,1H3. The van der Waals surface area contributed by atoms with Crippen molar-refractivity contribution < 1.29 is 9.13 Å². The number of rotatable bonds is 1. The van der Waals surface area contributed by atoms with E-state index in [1.54, 1.807) is 25.3 Å². The number of fused-ring (bicyclic) bond motifs is 1. The molecule has 2 heteroatoms. The van der Waals surface area contributed by atoms with E-state index in [1.807, 2.05) is 12.1 Å². The summed E-state index contributed by atoms with van der Waals surface area (Å²) in [5.74, 6) is 0.494. The highest BCUT2D eigenvalue weighted by atomic mass is 19.1. The Bertz CT molecular complexity index is 437. The minimum absolute atomic E-state index is 0.212. The van der Waals surface area contributed by atoms with Crippen molar-refractivity contribution in [3.05, 3.63) is 42.2 Å². The predicted octanol–water partition coefficient (Wildman–Crippen LogP) is 2.99. The van der Waals surface area contributed by atoms with Crippen molar-refractivity contribution in [3.63, 3.8) is 0 Å². The van der Waals surface area contributed by atoms with E-state index >= 15 is 0 Å². The van der Waals surface area contributed by atoms with Gasteiger partial charge in [-0.05, 0) is 12.1 Å². The SMILES string of the molecule is COc1cccc2c(F)cccc12. The fraction of sp³-hybridized carbons (Fsp3) is 0.0909. The molecule has 0 fully saturated rings. The average Bonchev–Trinajstić information content (AvgIpc) is 2.18. The predicted molar refractivity (Wildman–Crippen MR) is 50.5 cm³/mol. The lowest BCUT2D eigenvalue weighted by molar-refractivity contribution is 0.419. The van der Waals surface area contributed by atoms with Crippen LogP contribution in [-0.4, -0.2) is 7.11 Å². The summed E-state index contributed by atoms with van der Waals surface area (Å²) in [5.41, 5.74) is 0. The van der Waals surface area contributed by atoms with Gasteiger partial charge in [0.15, 0.2) is 0 Å². The van der Waals surface area contributed by atoms with Crippen LogP contribution in [0.3, 0.4) is 0 Å². The van der Waals surface area contributed by atoms with E-state index < -0.39 is 0 Å². The van der Waals surface area contributed by atoms with Crippen LogP contribution in [-0.2, 0) is 0 Å². The van der Waals surface area contributed by atoms with Gasteiger partial charge in [0, 0.05) is 10.8 Å². The zero-order chi connectivity index (χ0) is 9.26. The first-order chi connectivity index (χ1) is 6.33. The third-order valence-corrected chi connectivity index (χ3v) is 2.05. The number of methoxy groups -OCH3 is 1. The van der Waals surface area contributed by atoms with E-state index in [0.29, 0.717) is 11.1 Å². The zero-order valence-corrected chi connectivity index (χ0v) is 7.25. The first-order valence-corrected chi connectivity index (χ1v) is 4.04. The summed E-state index contributed by atoms with van der Waals surface area (Å²) < 4.78 is 18.4. The smallest absolute Gasteiger partial charge is 0.131 e. The van der Waals surface area contributed by atoms with E-state index in [-0.39, 0.29) is 5.82 Å². The summed E-state index contributed by atoms with van der Waals surface area (Å²) >= 11 is 0. The molecule has 2 aromatic carbocycles. The van der Waals surface area contributed by atoms with Crippen LogP contribution in [0.4, 0.5) is 4.39 Å². The summed E-state index contributed by atoms with van der Waals surface area (Å²) in [6, 6.07) is 10.3. The van der Waals surface area contributed by atoms with Crippen LogP contribution >= 0.6 is 0 Å². The summed E-state index contributed by atoms with van der Waals surface area (Å²) in [4.78, 5) is 0. The van der Waals surface area contributed by atoms with Crippen LogP contribution in [0.5, 0.6) is 5.75 Å². The summed E-state index contributed by atoms with van der Waals surface area (Å²) in [6.45, 7) is 0. The minimum atomic E-state index is -0.212. The number of hydrogen-bond acceptors (Lipinski definition) is 1. The van der Waals surface area contributed by atoms with Gasteiger partial charge < -0.3 is 4.74 Å². The molecule has 66 valence electrons. The van der Waals surface area contributed by atoms with Crippen molar-refractivity contribution in [2.24, 2.45) is 0 Å². The molecule has 2 aromatic rings. The van der Waals surface area contributed by atoms with Crippen molar-refractivity contribution in [1.29, 1.82) is 0 Å². The molecule has 0 aromatic heterocycles. The van der Waals surface area contributed by atoms with E-state index in [1.165, 1.54) is 6.07 Å². The van der Waals surface area contributed by atoms with Gasteiger partial charge in [-0.2, -0.15) is 0 Å². The van der Waals surface area contributed by atoms with Gasteiger partial charge in [0.25, 0.3) is 0 Å². The Morgan fingerprint density at radius 3 is 2.46 bits per heavy atom. The quantitative estimate of drug-likeness (QED) is 0.649. The molecule has 0 saturated carbocycles. The van der Waals surface area contributed by atoms with Crippen molar-refractivity contribution in [2.45, 2.75) is 0 Å². The Morgan fingerprint density at radius 2 is 1.69 bits per heavy atom. The van der Waals surface area contributed by atoms with Gasteiger partial charge in [-0.15, -0.1) is 0 Å². The third-order valence-electron chi connectivity index (χ3n) is 2.05. The molecule has 0 aliphatic rings. The summed E-state index contributed by atoms with van der Waals surface area (Å²) in [6.07, 6.45) is 0. The van der Waals surface area contributed by atoms with Gasteiger partial charge in [-0.25, -0.2) is 4.39 Å². The average molecular weight is 176 g/mol. The van der Waals surface area contributed by atoms with Crippen LogP contribution < -0.4 is 4.74 Å². The van der Waals surface area contributed by atoms with Gasteiger partial charge in [-0.3, -0.25) is 0 Å². The lowest BCUT2D eigenvalue weighted by atomic mass is 10.1. The molecule has 0 heterocycles. The van der Waals surface area contributed by atoms with Gasteiger partial charge in [0.2, 0.25) is 0 Å². The second-order valence-electron chi connectivity index (χ2n) is 2.80. The van der Waals surface area contributed by atoms with Crippen molar-refractivity contribution in [2.75, 3.05) is 7.11 Å². The van der Waals surface area contributed by atoms with E-state index in [4.69, 9.17) is 4.74 Å². The molecule has 1 nitrogen and oxygen atoms in total. The molecule has 2 rings (SSSR count). The second kappa shape index (κ2) is 3.05. The van der Waals surface area contributed by atoms with Crippen LogP contribution in [0.25, 0.3) is 10.8 Å². The molecule has 0 aliphatic heterocycles. The second-order valence-corrected chi connectivity index (χ2v) is 2.80. The van der Waals surface area contributed by atoms with Crippen molar-refractivity contribution in [3.8, 4) is 5.75 Å². The molecule has 0 saturated heterocycles. The van der Waals surface area contributed by atoms with E-state index in [0.717, 1.165) is 5.39 Å². The van der Waals surface area contributed by atoms with Gasteiger partial charge in [0.1, 0.15) is 11.6 Å². The summed E-state index contributed by atoms with van der Waals surface area (Å²) in [7, 11) is 1.58. The highest BCUT2D eigenvalue weighted by molar-refractivity contribution is 5.88. The topological polar surface area (TPSA) is 9.23 Å². The van der Waals surface area contributed by atoms with Crippen LogP contribution in [0, 0.1) is 5.82 Å². The lowest BCUT2D eigenvalue weighted by Gasteiger charge is -2.04. The van der Waals surface area contributed by atoms with Gasteiger partial charge >= 0.3 is 0 Å². The number of ether oxygens (including phenoxy) is 1. The van der Waals surface area contributed by atoms with E-state index in [2.05, 4.69) is 0 Å². The van der Waals surface area contributed by atoms with Gasteiger partial charge in [0.05, 0.1) is 7.11 Å². The third kappa shape index (κ3) is 1.24. The maximum atomic E-state index is 13.2. The Balaban J connectivity index is 2.84. The summed E-state index contributed by atoms with van der Waals surface area (Å²) in [5, 5.41) is 1.41. The monoisotopic (exact) mass is 176 g/mol. The highest BCUT2D eigenvalue weighted by Crippen LogP contribution is 2.26. The molecule has 0 amide bonds. The van der Waals surface area contributed by atoms with E-state index in [9.17, 15) is 4.39 Å². The molecular formula is C11H9FO. The first-order valence-electron chi connectivity index (χ1n) is 4.04. The molecule has 0 spiro atoms. The Morgan fingerprint density at radius 1 is 1.00 bits per heavy atom. The Labute approximate surface area is 75.8 Å². The molecular weight excluding hydrogens is 167 g/mol. The normalized spacial score (nSPS) is 10.3. The van der Waals surface area contributed by atoms with Gasteiger partial charge in [-0.1, -0.05) is 24.3 Å². The van der Waals surface area contributed by atoms with Crippen molar-refractivity contribution in [1.82, 2.24) is 0 Å². The molecule has 0 atom stereocenters. The molecule has 0 bridgehead atoms. The highest BCUT2D eigenvalue weighted by Gasteiger charge is 2.03. The maximum absolute atomic E-state index is 13.2. The Hall–Kier alpha value is -1.57. The molecule has 0 N–H and O–H groups in total. The van der Waals surface area contributed by atoms with Crippen LogP contribution in [0.2, 0.25) is 0 Å². The molecule has 0 unspecified atom stereocenters. The Kier molecular flexibility index (Phi) is 1.89. The number of halogens is 1. The first kappa shape index (κ1) is 8.05. The number of benzene rings is 2. The zero-order valence-electron chi connectivity index (χ0n) is 7.25. The minimum Gasteiger partial charge on any atom is -0.496 e. The molecule has 0 aliphatic carbocycles.